The molecule has 1 saturated heterocycles. The Bertz CT molecular complexity index is 400. The van der Waals surface area contributed by atoms with Crippen molar-refractivity contribution in [2.75, 3.05) is 39.9 Å². The lowest BCUT2D eigenvalue weighted by Crippen LogP contribution is -2.46. The third kappa shape index (κ3) is 4.07. The second-order valence-electron chi connectivity index (χ2n) is 4.37. The molecule has 1 aliphatic rings. The molecule has 0 spiro atoms. The first-order valence-corrected chi connectivity index (χ1v) is 6.94. The highest BCUT2D eigenvalue weighted by Crippen LogP contribution is 2.31. The number of nitrogens with one attached hydrogen (secondary N) is 1. The summed E-state index contributed by atoms with van der Waals surface area (Å²) in [5.41, 5.74) is 1.04. The Kier molecular flexibility index (Phi) is 7.10. The van der Waals surface area contributed by atoms with Gasteiger partial charge in [0.05, 0.1) is 19.8 Å². The quantitative estimate of drug-likeness (QED) is 0.868. The van der Waals surface area contributed by atoms with Gasteiger partial charge >= 0.3 is 0 Å². The number of nitrogens with zero attached hydrogens (tertiary/aromatic N) is 1. The number of benzene rings is 1. The van der Waals surface area contributed by atoms with Crippen LogP contribution in [0, 0.1) is 0 Å². The highest BCUT2D eigenvalue weighted by molar-refractivity contribution is 9.10. The number of ether oxygens (including phenoxy) is 1. The first-order chi connectivity index (χ1) is 8.76. The monoisotopic (exact) mass is 350 g/mol. The summed E-state index contributed by atoms with van der Waals surface area (Å²) in [7, 11) is 1.67. The molecule has 6 heteroatoms. The smallest absolute Gasteiger partial charge is 0.123 e. The number of rotatable bonds is 4. The molecule has 1 aromatic rings. The summed E-state index contributed by atoms with van der Waals surface area (Å²) in [6.07, 6.45) is 0. The van der Waals surface area contributed by atoms with Crippen LogP contribution in [0.2, 0.25) is 0 Å². The van der Waals surface area contributed by atoms with Gasteiger partial charge in [-0.05, 0) is 18.2 Å². The fourth-order valence-electron chi connectivity index (χ4n) is 2.37. The Morgan fingerprint density at radius 2 is 2.11 bits per heavy atom. The normalized spacial score (nSPS) is 17.6. The third-order valence-electron chi connectivity index (χ3n) is 3.32. The largest absolute Gasteiger partial charge is 0.496 e. The number of aliphatic hydroxyl groups is 1. The summed E-state index contributed by atoms with van der Waals surface area (Å²) in [6.45, 7) is 3.92. The van der Waals surface area contributed by atoms with Crippen LogP contribution in [-0.4, -0.2) is 49.9 Å². The van der Waals surface area contributed by atoms with E-state index in [1.165, 1.54) is 0 Å². The number of piperazine rings is 1. The van der Waals surface area contributed by atoms with Crippen molar-refractivity contribution in [1.82, 2.24) is 10.2 Å². The maximum absolute atomic E-state index is 9.71. The first-order valence-electron chi connectivity index (χ1n) is 6.15. The highest BCUT2D eigenvalue weighted by atomic mass is 79.9. The first kappa shape index (κ1) is 16.7. The molecule has 1 fully saturated rings. The van der Waals surface area contributed by atoms with Crippen molar-refractivity contribution in [3.8, 4) is 5.75 Å². The molecule has 0 unspecified atom stereocenters. The third-order valence-corrected chi connectivity index (χ3v) is 3.81. The van der Waals surface area contributed by atoms with Gasteiger partial charge in [0.25, 0.3) is 0 Å². The van der Waals surface area contributed by atoms with Gasteiger partial charge < -0.3 is 15.2 Å². The summed E-state index contributed by atoms with van der Waals surface area (Å²) < 4.78 is 6.41. The molecule has 19 heavy (non-hydrogen) atoms. The molecule has 0 aromatic heterocycles. The summed E-state index contributed by atoms with van der Waals surface area (Å²) in [6, 6.07) is 5.92. The van der Waals surface area contributed by atoms with Crippen LogP contribution in [0.5, 0.6) is 5.75 Å². The van der Waals surface area contributed by atoms with Crippen LogP contribution >= 0.6 is 28.3 Å². The second-order valence-corrected chi connectivity index (χ2v) is 5.29. The number of hydrogen-bond acceptors (Lipinski definition) is 4. The molecule has 2 N–H and O–H groups in total. The summed E-state index contributed by atoms with van der Waals surface area (Å²) >= 11 is 3.48. The van der Waals surface area contributed by atoms with Crippen LogP contribution in [0.3, 0.4) is 0 Å². The average molecular weight is 352 g/mol. The molecule has 1 aliphatic heterocycles. The van der Waals surface area contributed by atoms with E-state index >= 15 is 0 Å². The minimum atomic E-state index is -0.000417. The predicted octanol–water partition coefficient (Wildman–Crippen LogP) is 1.82. The van der Waals surface area contributed by atoms with Gasteiger partial charge in [0.1, 0.15) is 5.75 Å². The predicted molar refractivity (Wildman–Crippen MR) is 82.2 cm³/mol. The molecule has 4 nitrogen and oxygen atoms in total. The van der Waals surface area contributed by atoms with Crippen LogP contribution in [0.1, 0.15) is 11.6 Å². The van der Waals surface area contributed by atoms with Gasteiger partial charge in [0.15, 0.2) is 0 Å². The zero-order chi connectivity index (χ0) is 13.0. The van der Waals surface area contributed by atoms with Gasteiger partial charge in [-0.1, -0.05) is 15.9 Å². The van der Waals surface area contributed by atoms with Gasteiger partial charge in [-0.2, -0.15) is 0 Å². The van der Waals surface area contributed by atoms with Gasteiger partial charge in [-0.25, -0.2) is 0 Å². The molecular formula is C13H20BrClN2O2. The topological polar surface area (TPSA) is 44.7 Å². The van der Waals surface area contributed by atoms with Crippen LogP contribution in [0.25, 0.3) is 0 Å². The fraction of sp³-hybridized carbons (Fsp3) is 0.538. The highest BCUT2D eigenvalue weighted by Gasteiger charge is 2.24. The van der Waals surface area contributed by atoms with E-state index in [0.29, 0.717) is 0 Å². The number of methoxy groups -OCH3 is 1. The van der Waals surface area contributed by atoms with Gasteiger partial charge in [0, 0.05) is 36.2 Å². The van der Waals surface area contributed by atoms with Crippen LogP contribution in [0.15, 0.2) is 22.7 Å². The Morgan fingerprint density at radius 1 is 1.42 bits per heavy atom. The van der Waals surface area contributed by atoms with E-state index in [1.807, 2.05) is 18.2 Å². The zero-order valence-electron chi connectivity index (χ0n) is 10.9. The van der Waals surface area contributed by atoms with E-state index in [0.717, 1.165) is 42.0 Å². The van der Waals surface area contributed by atoms with Crippen LogP contribution in [0.4, 0.5) is 0 Å². The van der Waals surface area contributed by atoms with Crippen molar-refractivity contribution in [3.63, 3.8) is 0 Å². The SMILES string of the molecule is COc1ccc(Br)cc1[C@H](CO)N1CCNCC1.Cl. The Hall–Kier alpha value is -0.330. The molecule has 0 radical (unpaired) electrons. The van der Waals surface area contributed by atoms with E-state index in [1.54, 1.807) is 7.11 Å². The van der Waals surface area contributed by atoms with E-state index in [4.69, 9.17) is 4.74 Å². The van der Waals surface area contributed by atoms with E-state index in [2.05, 4.69) is 26.1 Å². The Morgan fingerprint density at radius 3 is 2.68 bits per heavy atom. The van der Waals surface area contributed by atoms with Crippen molar-refractivity contribution in [2.45, 2.75) is 6.04 Å². The molecule has 2 rings (SSSR count). The molecule has 0 saturated carbocycles. The van der Waals surface area contributed by atoms with Gasteiger partial charge in [-0.15, -0.1) is 12.4 Å². The van der Waals surface area contributed by atoms with Crippen LogP contribution < -0.4 is 10.1 Å². The van der Waals surface area contributed by atoms with E-state index in [-0.39, 0.29) is 25.1 Å². The molecule has 1 atom stereocenters. The number of hydrogen-bond donors (Lipinski definition) is 2. The van der Waals surface area contributed by atoms with Crippen molar-refractivity contribution < 1.29 is 9.84 Å². The minimum Gasteiger partial charge on any atom is -0.496 e. The Balaban J connectivity index is 0.00000180. The lowest BCUT2D eigenvalue weighted by atomic mass is 10.0. The second kappa shape index (κ2) is 8.07. The van der Waals surface area contributed by atoms with Crippen LogP contribution in [-0.2, 0) is 0 Å². The van der Waals surface area contributed by atoms with E-state index in [9.17, 15) is 5.11 Å². The minimum absolute atomic E-state index is 0. The molecule has 0 aliphatic carbocycles. The molecule has 1 heterocycles. The summed E-state index contributed by atoms with van der Waals surface area (Å²) in [5, 5.41) is 13.0. The van der Waals surface area contributed by atoms with Crippen molar-refractivity contribution in [3.05, 3.63) is 28.2 Å². The summed E-state index contributed by atoms with van der Waals surface area (Å²) in [4.78, 5) is 2.29. The van der Waals surface area contributed by atoms with E-state index < -0.39 is 0 Å². The van der Waals surface area contributed by atoms with Crippen molar-refractivity contribution >= 4 is 28.3 Å². The van der Waals surface area contributed by atoms with Gasteiger partial charge in [0.2, 0.25) is 0 Å². The lowest BCUT2D eigenvalue weighted by Gasteiger charge is -2.34. The average Bonchev–Trinajstić information content (AvgIpc) is 2.41. The number of halogens is 2. The maximum atomic E-state index is 9.71. The Labute approximate surface area is 128 Å². The van der Waals surface area contributed by atoms with Gasteiger partial charge in [-0.3, -0.25) is 4.90 Å². The molecule has 1 aromatic carbocycles. The maximum Gasteiger partial charge on any atom is 0.123 e. The summed E-state index contributed by atoms with van der Waals surface area (Å²) in [5.74, 6) is 0.829. The zero-order valence-corrected chi connectivity index (χ0v) is 13.3. The lowest BCUT2D eigenvalue weighted by molar-refractivity contribution is 0.109. The molecule has 0 bridgehead atoms. The van der Waals surface area contributed by atoms with Crippen molar-refractivity contribution in [2.24, 2.45) is 0 Å². The van der Waals surface area contributed by atoms with Crippen molar-refractivity contribution in [1.29, 1.82) is 0 Å². The molecule has 108 valence electrons. The number of aliphatic hydroxyl groups excluding tert-OH is 1. The standard InChI is InChI=1S/C13H19BrN2O2.ClH/c1-18-13-3-2-10(14)8-11(13)12(9-17)16-6-4-15-5-7-16;/h2-3,8,12,15,17H,4-7,9H2,1H3;1H/t12-;/m0./s1. The molecule has 0 amide bonds. The molecular weight excluding hydrogens is 332 g/mol. The fourth-order valence-corrected chi connectivity index (χ4v) is 2.75.